The van der Waals surface area contributed by atoms with Crippen LogP contribution in [0.4, 0.5) is 0 Å². The van der Waals surface area contributed by atoms with Crippen molar-refractivity contribution < 1.29 is 24.6 Å². The van der Waals surface area contributed by atoms with Gasteiger partial charge in [0.25, 0.3) is 0 Å². The second-order valence-electron chi connectivity index (χ2n) is 6.95. The third kappa shape index (κ3) is 4.62. The summed E-state index contributed by atoms with van der Waals surface area (Å²) in [7, 11) is 0. The lowest BCUT2D eigenvalue weighted by molar-refractivity contribution is -0.150. The van der Waals surface area contributed by atoms with Crippen LogP contribution in [0.1, 0.15) is 31.2 Å². The smallest absolute Gasteiger partial charge is 0.327 e. The maximum absolute atomic E-state index is 13.0. The van der Waals surface area contributed by atoms with Crippen molar-refractivity contribution in [1.82, 2.24) is 10.2 Å². The molecule has 3 N–H and O–H groups in total. The second kappa shape index (κ2) is 8.75. The van der Waals surface area contributed by atoms with E-state index in [9.17, 15) is 24.6 Å². The van der Waals surface area contributed by atoms with E-state index in [0.29, 0.717) is 25.0 Å². The van der Waals surface area contributed by atoms with E-state index in [-0.39, 0.29) is 11.3 Å². The summed E-state index contributed by atoms with van der Waals surface area (Å²) < 4.78 is 0. The Morgan fingerprint density at radius 2 is 1.96 bits per heavy atom. The van der Waals surface area contributed by atoms with E-state index in [0.717, 1.165) is 18.4 Å². The monoisotopic (exact) mass is 392 g/mol. The molecule has 8 heteroatoms. The summed E-state index contributed by atoms with van der Waals surface area (Å²) in [5.74, 6) is -1.90. The zero-order valence-electron chi connectivity index (χ0n) is 14.9. The summed E-state index contributed by atoms with van der Waals surface area (Å²) in [5, 5.41) is 21.9. The molecule has 2 unspecified atom stereocenters. The van der Waals surface area contributed by atoms with Crippen LogP contribution in [0.5, 0.6) is 0 Å². The van der Waals surface area contributed by atoms with Crippen molar-refractivity contribution in [3.05, 3.63) is 35.9 Å². The first-order chi connectivity index (χ1) is 13.0. The molecule has 2 heterocycles. The number of carbonyl (C=O) groups is 3. The molecule has 0 bridgehead atoms. The zero-order chi connectivity index (χ0) is 19.4. The lowest BCUT2D eigenvalue weighted by atomic mass is 10.0. The summed E-state index contributed by atoms with van der Waals surface area (Å²) in [5.41, 5.74) is 1.04. The number of fused-ring (bicyclic) bond motifs is 1. The Hall–Kier alpha value is -2.06. The van der Waals surface area contributed by atoms with Crippen LogP contribution in [0.3, 0.4) is 0 Å². The van der Waals surface area contributed by atoms with Crippen LogP contribution in [-0.2, 0) is 20.8 Å². The van der Waals surface area contributed by atoms with Gasteiger partial charge in [0.1, 0.15) is 12.1 Å². The van der Waals surface area contributed by atoms with Gasteiger partial charge in [-0.15, -0.1) is 11.8 Å². The highest BCUT2D eigenvalue weighted by Gasteiger charge is 2.45. The van der Waals surface area contributed by atoms with Gasteiger partial charge in [0.05, 0.1) is 11.4 Å². The van der Waals surface area contributed by atoms with Gasteiger partial charge >= 0.3 is 11.9 Å². The van der Waals surface area contributed by atoms with E-state index in [1.807, 2.05) is 30.3 Å². The number of carboxylic acids is 2. The molecule has 2 fully saturated rings. The van der Waals surface area contributed by atoms with Gasteiger partial charge < -0.3 is 15.1 Å². The summed E-state index contributed by atoms with van der Waals surface area (Å²) in [4.78, 5) is 37.6. The number of carboxylic acid groups (broad SMARTS) is 2. The molecule has 2 aliphatic rings. The SMILES string of the molecule is O=C(O)C(CCc1ccccc1)NC1CCC[C@H]2SC[C@@H](C(=O)O)N2C1=O. The first-order valence-electron chi connectivity index (χ1n) is 9.16. The standard InChI is InChI=1S/C19H24N2O5S/c22-17-13(7-4-8-16-21(17)15(11-27-16)19(25)26)20-14(18(23)24)10-9-12-5-2-1-3-6-12/h1-3,5-6,13-16,20H,4,7-11H2,(H,23,24)(H,25,26)/t13?,14?,15-,16+/m0/s1. The molecule has 4 atom stereocenters. The maximum Gasteiger partial charge on any atom is 0.327 e. The fraction of sp³-hybridized carbons (Fsp3) is 0.526. The summed E-state index contributed by atoms with van der Waals surface area (Å²) in [6.07, 6.45) is 2.97. The Kier molecular flexibility index (Phi) is 6.38. The molecule has 0 saturated carbocycles. The van der Waals surface area contributed by atoms with Crippen molar-refractivity contribution in [3.8, 4) is 0 Å². The van der Waals surface area contributed by atoms with Crippen LogP contribution in [-0.4, -0.2) is 62.2 Å². The van der Waals surface area contributed by atoms with Gasteiger partial charge in [-0.25, -0.2) is 4.79 Å². The fourth-order valence-electron chi connectivity index (χ4n) is 3.70. The number of hydrogen-bond donors (Lipinski definition) is 3. The molecule has 146 valence electrons. The molecule has 27 heavy (non-hydrogen) atoms. The Labute approximate surface area is 162 Å². The van der Waals surface area contributed by atoms with Crippen molar-refractivity contribution >= 4 is 29.6 Å². The van der Waals surface area contributed by atoms with Gasteiger partial charge in [0, 0.05) is 5.75 Å². The number of carbonyl (C=O) groups excluding carboxylic acids is 1. The minimum absolute atomic E-state index is 0.127. The number of aryl methyl sites for hydroxylation is 1. The maximum atomic E-state index is 13.0. The number of amides is 1. The number of aliphatic carboxylic acids is 2. The highest BCUT2D eigenvalue weighted by Crippen LogP contribution is 2.35. The molecule has 2 saturated heterocycles. The van der Waals surface area contributed by atoms with Crippen molar-refractivity contribution in [3.63, 3.8) is 0 Å². The van der Waals surface area contributed by atoms with Crippen LogP contribution in [0.2, 0.25) is 0 Å². The second-order valence-corrected chi connectivity index (χ2v) is 8.16. The minimum Gasteiger partial charge on any atom is -0.480 e. The number of nitrogens with zero attached hydrogens (tertiary/aromatic N) is 1. The molecular weight excluding hydrogens is 368 g/mol. The Morgan fingerprint density at radius 3 is 2.63 bits per heavy atom. The molecule has 0 aliphatic carbocycles. The topological polar surface area (TPSA) is 107 Å². The third-order valence-corrected chi connectivity index (χ3v) is 6.49. The first kappa shape index (κ1) is 19.7. The van der Waals surface area contributed by atoms with Crippen LogP contribution < -0.4 is 5.32 Å². The van der Waals surface area contributed by atoms with Gasteiger partial charge in [0.2, 0.25) is 5.91 Å². The third-order valence-electron chi connectivity index (χ3n) is 5.14. The summed E-state index contributed by atoms with van der Waals surface area (Å²) in [6, 6.07) is 7.27. The van der Waals surface area contributed by atoms with Gasteiger partial charge in [-0.2, -0.15) is 0 Å². The highest BCUT2D eigenvalue weighted by molar-refractivity contribution is 8.00. The number of hydrogen-bond acceptors (Lipinski definition) is 5. The Morgan fingerprint density at radius 1 is 1.22 bits per heavy atom. The van der Waals surface area contributed by atoms with E-state index < -0.39 is 30.1 Å². The number of rotatable bonds is 7. The lowest BCUT2D eigenvalue weighted by Crippen LogP contribution is -2.55. The number of benzene rings is 1. The molecule has 1 aromatic carbocycles. The molecule has 2 aliphatic heterocycles. The van der Waals surface area contributed by atoms with Gasteiger partial charge in [-0.3, -0.25) is 14.9 Å². The largest absolute Gasteiger partial charge is 0.480 e. The summed E-state index contributed by atoms with van der Waals surface area (Å²) in [6.45, 7) is 0. The normalized spacial score (nSPS) is 26.3. The van der Waals surface area contributed by atoms with E-state index in [1.54, 1.807) is 0 Å². The molecule has 0 aromatic heterocycles. The zero-order valence-corrected chi connectivity index (χ0v) is 15.7. The van der Waals surface area contributed by atoms with Crippen LogP contribution >= 0.6 is 11.8 Å². The molecule has 3 rings (SSSR count). The molecule has 1 aromatic rings. The predicted molar refractivity (Wildman–Crippen MR) is 101 cm³/mol. The van der Waals surface area contributed by atoms with Crippen LogP contribution in [0.15, 0.2) is 30.3 Å². The van der Waals surface area contributed by atoms with E-state index in [1.165, 1.54) is 16.7 Å². The summed E-state index contributed by atoms with van der Waals surface area (Å²) >= 11 is 1.49. The molecular formula is C19H24N2O5S. The van der Waals surface area contributed by atoms with Gasteiger partial charge in [-0.05, 0) is 37.7 Å². The quantitative estimate of drug-likeness (QED) is 0.646. The Bertz CT molecular complexity index is 699. The van der Waals surface area contributed by atoms with E-state index in [4.69, 9.17) is 0 Å². The van der Waals surface area contributed by atoms with Crippen LogP contribution in [0.25, 0.3) is 0 Å². The molecule has 0 spiro atoms. The predicted octanol–water partition coefficient (Wildman–Crippen LogP) is 1.57. The van der Waals surface area contributed by atoms with Crippen molar-refractivity contribution in [2.24, 2.45) is 0 Å². The minimum atomic E-state index is -1.00. The molecule has 0 radical (unpaired) electrons. The number of nitrogens with one attached hydrogen (secondary N) is 1. The highest BCUT2D eigenvalue weighted by atomic mass is 32.2. The van der Waals surface area contributed by atoms with Crippen molar-refractivity contribution in [2.75, 3.05) is 5.75 Å². The lowest BCUT2D eigenvalue weighted by Gasteiger charge is -2.29. The van der Waals surface area contributed by atoms with Crippen molar-refractivity contribution in [1.29, 1.82) is 0 Å². The molecule has 7 nitrogen and oxygen atoms in total. The average molecular weight is 392 g/mol. The average Bonchev–Trinajstić information content (AvgIpc) is 3.01. The van der Waals surface area contributed by atoms with Gasteiger partial charge in [-0.1, -0.05) is 30.3 Å². The molecule has 1 amide bonds. The van der Waals surface area contributed by atoms with Crippen LogP contribution in [0, 0.1) is 0 Å². The van der Waals surface area contributed by atoms with E-state index >= 15 is 0 Å². The van der Waals surface area contributed by atoms with Gasteiger partial charge in [0.15, 0.2) is 0 Å². The Balaban J connectivity index is 1.68. The fourth-order valence-corrected chi connectivity index (χ4v) is 5.16. The first-order valence-corrected chi connectivity index (χ1v) is 10.2. The number of thioether (sulfide) groups is 1. The van der Waals surface area contributed by atoms with E-state index in [2.05, 4.69) is 5.32 Å². The van der Waals surface area contributed by atoms with Crippen molar-refractivity contribution in [2.45, 2.75) is 55.6 Å².